The van der Waals surface area contributed by atoms with E-state index < -0.39 is 0 Å². The maximum absolute atomic E-state index is 6.53. The number of methoxy groups -OCH3 is 1. The number of allylic oxidation sites excluding steroid dienone is 2. The molecule has 0 saturated heterocycles. The summed E-state index contributed by atoms with van der Waals surface area (Å²) in [7, 11) is 1.67. The lowest BCUT2D eigenvalue weighted by Gasteiger charge is -2.32. The molecule has 0 aliphatic heterocycles. The normalized spacial score (nSPS) is 26.8. The van der Waals surface area contributed by atoms with Crippen LogP contribution in [0.25, 0.3) is 12.7 Å². The average Bonchev–Trinajstić information content (AvgIpc) is 3.65. The monoisotopic (exact) mass is 488 g/mol. The van der Waals surface area contributed by atoms with Crippen LogP contribution in [0.3, 0.4) is 0 Å². The van der Waals surface area contributed by atoms with Gasteiger partial charge in [-0.25, -0.2) is 4.98 Å². The predicted octanol–water partition coefficient (Wildman–Crippen LogP) is 6.53. The molecule has 0 aromatic carbocycles. The second kappa shape index (κ2) is 11.6. The summed E-state index contributed by atoms with van der Waals surface area (Å²) < 4.78 is 11.8. The first kappa shape index (κ1) is 26.4. The van der Waals surface area contributed by atoms with Crippen LogP contribution in [-0.2, 0) is 0 Å². The lowest BCUT2D eigenvalue weighted by molar-refractivity contribution is 0.194. The van der Waals surface area contributed by atoms with Crippen molar-refractivity contribution in [3.63, 3.8) is 0 Å². The fraction of sp³-hybridized carbons (Fsp3) is 0.562. The Morgan fingerprint density at radius 3 is 2.69 bits per heavy atom. The van der Waals surface area contributed by atoms with Gasteiger partial charge in [-0.15, -0.1) is 0 Å². The highest BCUT2D eigenvalue weighted by molar-refractivity contribution is 5.39. The van der Waals surface area contributed by atoms with Crippen molar-refractivity contribution in [3.05, 3.63) is 58.4 Å². The molecular weight excluding hydrogens is 444 g/mol. The first-order valence-electron chi connectivity index (χ1n) is 13.8. The number of nitrogens with zero attached hydrogens (tertiary/aromatic N) is 2. The Morgan fingerprint density at radius 2 is 1.97 bits per heavy atom. The van der Waals surface area contributed by atoms with E-state index >= 15 is 0 Å². The van der Waals surface area contributed by atoms with E-state index in [4.69, 9.17) is 14.5 Å². The van der Waals surface area contributed by atoms with E-state index in [9.17, 15) is 0 Å². The largest absolute Gasteiger partial charge is 0.495 e. The van der Waals surface area contributed by atoms with Gasteiger partial charge in [-0.2, -0.15) is 0 Å². The molecule has 3 unspecified atom stereocenters. The molecule has 194 valence electrons. The molecule has 0 N–H and O–H groups in total. The van der Waals surface area contributed by atoms with E-state index in [-0.39, 0.29) is 0 Å². The van der Waals surface area contributed by atoms with Crippen LogP contribution in [0.4, 0.5) is 0 Å². The molecule has 0 bridgehead atoms. The quantitative estimate of drug-likeness (QED) is 0.444. The van der Waals surface area contributed by atoms with Gasteiger partial charge in [0.15, 0.2) is 0 Å². The third-order valence-electron chi connectivity index (χ3n) is 8.66. The lowest BCUT2D eigenvalue weighted by Crippen LogP contribution is -2.29. The van der Waals surface area contributed by atoms with Crippen LogP contribution in [0.2, 0.25) is 0 Å². The summed E-state index contributed by atoms with van der Waals surface area (Å²) >= 11 is 0. The van der Waals surface area contributed by atoms with Crippen LogP contribution in [0.5, 0.6) is 11.6 Å². The predicted molar refractivity (Wildman–Crippen MR) is 149 cm³/mol. The highest BCUT2D eigenvalue weighted by atomic mass is 16.5. The second-order valence-electron chi connectivity index (χ2n) is 11.6. The topological polar surface area (TPSA) is 44.2 Å². The molecule has 4 heteroatoms. The molecule has 2 aromatic rings. The summed E-state index contributed by atoms with van der Waals surface area (Å²) in [6, 6.07) is 6.33. The first-order valence-corrected chi connectivity index (χ1v) is 13.8. The molecule has 2 aliphatic carbocycles. The van der Waals surface area contributed by atoms with E-state index in [1.54, 1.807) is 13.3 Å². The molecule has 0 spiro atoms. The van der Waals surface area contributed by atoms with Gasteiger partial charge in [0.25, 0.3) is 0 Å². The number of hydrogen-bond acceptors (Lipinski definition) is 4. The fourth-order valence-electron chi connectivity index (χ4n) is 5.50. The molecular formula is C32H44N2O2. The van der Waals surface area contributed by atoms with Crippen molar-refractivity contribution in [2.24, 2.45) is 17.3 Å². The number of ether oxygens (including phenoxy) is 2. The highest BCUT2D eigenvalue weighted by Gasteiger charge is 2.40. The number of aromatic nitrogens is 2. The molecule has 2 heterocycles. The average molecular weight is 489 g/mol. The second-order valence-corrected chi connectivity index (χ2v) is 11.6. The van der Waals surface area contributed by atoms with E-state index in [2.05, 4.69) is 44.5 Å². The van der Waals surface area contributed by atoms with Gasteiger partial charge in [-0.05, 0) is 79.4 Å². The maximum atomic E-state index is 6.53. The molecule has 2 aliphatic rings. The standard InChI is InChI=1S/C32H44N2O2/c1-7-8-13-29-22(2)18-28(24-12-10-9-11-23(3)32(4,5)17-16-24)31(34-29)36-21-25-19-27(25)30-15-14-26(35-6)20-33-30/h7-8,13-15,18,20,23-25,27H,2,9-12,16-17,19,21H2,1,3-6H3/b8-7-,29-13+/t23?,24?,25-,27?/m0/s1. The molecule has 2 saturated carbocycles. The summed E-state index contributed by atoms with van der Waals surface area (Å²) in [5.41, 5.74) is 2.74. The zero-order chi connectivity index (χ0) is 25.7. The van der Waals surface area contributed by atoms with Crippen LogP contribution >= 0.6 is 0 Å². The summed E-state index contributed by atoms with van der Waals surface area (Å²) in [4.78, 5) is 9.61. The van der Waals surface area contributed by atoms with Crippen molar-refractivity contribution in [1.29, 1.82) is 0 Å². The van der Waals surface area contributed by atoms with Gasteiger partial charge in [0.2, 0.25) is 5.88 Å². The molecule has 0 radical (unpaired) electrons. The molecule has 2 fully saturated rings. The first-order chi connectivity index (χ1) is 17.3. The van der Waals surface area contributed by atoms with Crippen molar-refractivity contribution in [1.82, 2.24) is 9.97 Å². The van der Waals surface area contributed by atoms with E-state index in [0.717, 1.165) is 40.2 Å². The van der Waals surface area contributed by atoms with Crippen molar-refractivity contribution >= 4 is 12.7 Å². The lowest BCUT2D eigenvalue weighted by atomic mass is 9.73. The summed E-state index contributed by atoms with van der Waals surface area (Å²) in [6.45, 7) is 14.4. The number of pyridine rings is 2. The number of hydrogen-bond donors (Lipinski definition) is 0. The molecule has 4 rings (SSSR count). The third kappa shape index (κ3) is 6.38. The van der Waals surface area contributed by atoms with Gasteiger partial charge in [-0.1, -0.05) is 58.8 Å². The fourth-order valence-corrected chi connectivity index (χ4v) is 5.50. The van der Waals surface area contributed by atoms with Crippen LogP contribution in [0.15, 0.2) is 36.5 Å². The third-order valence-corrected chi connectivity index (χ3v) is 8.66. The molecule has 2 aromatic heterocycles. The van der Waals surface area contributed by atoms with Gasteiger partial charge in [-0.3, -0.25) is 4.98 Å². The van der Waals surface area contributed by atoms with E-state index in [1.807, 2.05) is 31.2 Å². The van der Waals surface area contributed by atoms with Crippen molar-refractivity contribution < 1.29 is 9.47 Å². The van der Waals surface area contributed by atoms with E-state index in [1.165, 1.54) is 44.1 Å². The van der Waals surface area contributed by atoms with Gasteiger partial charge >= 0.3 is 0 Å². The summed E-state index contributed by atoms with van der Waals surface area (Å²) in [5, 5.41) is 1.88. The maximum Gasteiger partial charge on any atom is 0.217 e. The van der Waals surface area contributed by atoms with Crippen molar-refractivity contribution in [2.75, 3.05) is 13.7 Å². The molecule has 0 amide bonds. The molecule has 4 atom stereocenters. The van der Waals surface area contributed by atoms with Crippen LogP contribution < -0.4 is 20.0 Å². The Morgan fingerprint density at radius 1 is 1.17 bits per heavy atom. The zero-order valence-electron chi connectivity index (χ0n) is 22.9. The van der Waals surface area contributed by atoms with Crippen molar-refractivity contribution in [2.45, 2.75) is 84.5 Å². The van der Waals surface area contributed by atoms with E-state index in [0.29, 0.717) is 29.8 Å². The summed E-state index contributed by atoms with van der Waals surface area (Å²) in [5.74, 6) is 3.75. The molecule has 36 heavy (non-hydrogen) atoms. The highest BCUT2D eigenvalue weighted by Crippen LogP contribution is 2.47. The minimum Gasteiger partial charge on any atom is -0.495 e. The minimum absolute atomic E-state index is 0.358. The molecule has 4 nitrogen and oxygen atoms in total. The Balaban J connectivity index is 1.55. The Bertz CT molecular complexity index is 1150. The van der Waals surface area contributed by atoms with Gasteiger partial charge < -0.3 is 9.47 Å². The summed E-state index contributed by atoms with van der Waals surface area (Å²) in [6.07, 6.45) is 16.5. The van der Waals surface area contributed by atoms with Crippen LogP contribution in [-0.4, -0.2) is 23.7 Å². The Labute approximate surface area is 217 Å². The van der Waals surface area contributed by atoms with Gasteiger partial charge in [0, 0.05) is 23.1 Å². The van der Waals surface area contributed by atoms with Gasteiger partial charge in [0.1, 0.15) is 5.75 Å². The van der Waals surface area contributed by atoms with Crippen LogP contribution in [0.1, 0.15) is 95.7 Å². The zero-order valence-corrected chi connectivity index (χ0v) is 22.9. The minimum atomic E-state index is 0.358. The smallest absolute Gasteiger partial charge is 0.217 e. The van der Waals surface area contributed by atoms with Gasteiger partial charge in [0.05, 0.1) is 25.3 Å². The SMILES string of the molecule is C=c1cc(C2CCCCC(C)C(C)(C)CC2)c(OC[C@@H]2CC2c2ccc(OC)cn2)n/c1=C/C=C\C. The van der Waals surface area contributed by atoms with Crippen LogP contribution in [0, 0.1) is 17.3 Å². The Kier molecular flexibility index (Phi) is 8.54. The Hall–Kier alpha value is -2.62. The van der Waals surface area contributed by atoms with Crippen molar-refractivity contribution in [3.8, 4) is 11.6 Å². The number of rotatable bonds is 7.